The van der Waals surface area contributed by atoms with Crippen molar-refractivity contribution in [3.05, 3.63) is 70.8 Å². The first-order valence-electron chi connectivity index (χ1n) is 9.44. The van der Waals surface area contributed by atoms with Gasteiger partial charge in [0.1, 0.15) is 11.5 Å². The van der Waals surface area contributed by atoms with Crippen LogP contribution in [0.15, 0.2) is 48.5 Å². The minimum Gasteiger partial charge on any atom is -0.425 e. The molecule has 1 unspecified atom stereocenters. The van der Waals surface area contributed by atoms with Crippen LogP contribution in [0.25, 0.3) is 0 Å². The van der Waals surface area contributed by atoms with E-state index in [0.717, 1.165) is 11.1 Å². The fraction of sp³-hybridized carbons (Fsp3) is 0.273. The Balaban J connectivity index is 1.68. The molecule has 0 heterocycles. The molecule has 0 radical (unpaired) electrons. The Morgan fingerprint density at radius 2 is 1.76 bits per heavy atom. The second kappa shape index (κ2) is 8.52. The van der Waals surface area contributed by atoms with Crippen LogP contribution in [-0.2, 0) is 4.79 Å². The topological polar surface area (TPSA) is 98.7 Å². The van der Waals surface area contributed by atoms with Crippen LogP contribution in [0.1, 0.15) is 39.9 Å². The molecule has 0 spiro atoms. The molecule has 1 fully saturated rings. The molecule has 0 saturated heterocycles. The number of amides is 2. The summed E-state index contributed by atoms with van der Waals surface area (Å²) in [5.41, 5.74) is 2.19. The minimum atomic E-state index is -1.85. The van der Waals surface area contributed by atoms with Crippen LogP contribution in [-0.4, -0.2) is 40.5 Å². The zero-order valence-corrected chi connectivity index (χ0v) is 16.4. The van der Waals surface area contributed by atoms with Gasteiger partial charge < -0.3 is 20.7 Å². The first kappa shape index (κ1) is 20.7. The SMILES string of the molecule is Cc1ccc(C(=O)NC2(C(=O)NC(C#Cc3cccc(C)c3)B(O)O)CC2)cc1. The van der Waals surface area contributed by atoms with Crippen LogP contribution < -0.4 is 10.6 Å². The Labute approximate surface area is 170 Å². The lowest BCUT2D eigenvalue weighted by molar-refractivity contribution is -0.124. The highest BCUT2D eigenvalue weighted by atomic mass is 16.4. The highest BCUT2D eigenvalue weighted by Crippen LogP contribution is 2.36. The van der Waals surface area contributed by atoms with E-state index < -0.39 is 24.5 Å². The van der Waals surface area contributed by atoms with E-state index >= 15 is 0 Å². The van der Waals surface area contributed by atoms with E-state index in [0.29, 0.717) is 24.0 Å². The summed E-state index contributed by atoms with van der Waals surface area (Å²) in [7, 11) is -1.85. The molecule has 1 aliphatic rings. The van der Waals surface area contributed by atoms with Gasteiger partial charge in [0.2, 0.25) is 5.91 Å². The van der Waals surface area contributed by atoms with Crippen LogP contribution >= 0.6 is 0 Å². The second-order valence-corrected chi connectivity index (χ2v) is 7.41. The molecule has 0 aliphatic heterocycles. The summed E-state index contributed by atoms with van der Waals surface area (Å²) >= 11 is 0. The maximum absolute atomic E-state index is 12.7. The minimum absolute atomic E-state index is 0.343. The van der Waals surface area contributed by atoms with Crippen LogP contribution in [0, 0.1) is 25.7 Å². The van der Waals surface area contributed by atoms with Crippen molar-refractivity contribution < 1.29 is 19.6 Å². The van der Waals surface area contributed by atoms with Crippen molar-refractivity contribution in [2.24, 2.45) is 0 Å². The Morgan fingerprint density at radius 1 is 1.07 bits per heavy atom. The summed E-state index contributed by atoms with van der Waals surface area (Å²) in [5.74, 6) is 3.54. The van der Waals surface area contributed by atoms with Crippen LogP contribution in [0.4, 0.5) is 0 Å². The predicted molar refractivity (Wildman–Crippen MR) is 111 cm³/mol. The van der Waals surface area contributed by atoms with Gasteiger partial charge in [0.05, 0.1) is 0 Å². The molecule has 4 N–H and O–H groups in total. The van der Waals surface area contributed by atoms with Gasteiger partial charge in [0, 0.05) is 11.1 Å². The summed E-state index contributed by atoms with van der Waals surface area (Å²) < 4.78 is 0. The molecular formula is C22H23BN2O4. The maximum Gasteiger partial charge on any atom is 0.488 e. The van der Waals surface area contributed by atoms with Gasteiger partial charge >= 0.3 is 7.12 Å². The fourth-order valence-electron chi connectivity index (χ4n) is 2.88. The van der Waals surface area contributed by atoms with Crippen molar-refractivity contribution >= 4 is 18.9 Å². The van der Waals surface area contributed by atoms with Gasteiger partial charge in [-0.15, -0.1) is 0 Å². The lowest BCUT2D eigenvalue weighted by atomic mass is 9.79. The molecule has 29 heavy (non-hydrogen) atoms. The standard InChI is InChI=1S/C22H23BN2O4/c1-15-6-9-18(10-7-15)20(26)25-22(12-13-22)21(27)24-19(23(28)29)11-8-17-5-3-4-16(2)14-17/h3-7,9-10,14,19,28-29H,12-13H2,1-2H3,(H,24,27)(H,25,26). The van der Waals surface area contributed by atoms with Crippen molar-refractivity contribution in [3.63, 3.8) is 0 Å². The lowest BCUT2D eigenvalue weighted by Gasteiger charge is -2.20. The van der Waals surface area contributed by atoms with E-state index in [1.165, 1.54) is 0 Å². The molecule has 3 rings (SSSR count). The monoisotopic (exact) mass is 390 g/mol. The molecule has 2 aromatic rings. The number of hydrogen-bond acceptors (Lipinski definition) is 4. The number of hydrogen-bond donors (Lipinski definition) is 4. The molecule has 0 bridgehead atoms. The molecule has 6 nitrogen and oxygen atoms in total. The molecule has 148 valence electrons. The van der Waals surface area contributed by atoms with Gasteiger partial charge in [-0.05, 0) is 56.5 Å². The zero-order valence-electron chi connectivity index (χ0n) is 16.4. The average Bonchev–Trinajstić information content (AvgIpc) is 3.46. The smallest absolute Gasteiger partial charge is 0.425 e. The van der Waals surface area contributed by atoms with Gasteiger partial charge in [-0.25, -0.2) is 0 Å². The molecule has 2 aromatic carbocycles. The summed E-state index contributed by atoms with van der Waals surface area (Å²) in [4.78, 5) is 25.2. The van der Waals surface area contributed by atoms with E-state index in [9.17, 15) is 19.6 Å². The number of nitrogens with one attached hydrogen (secondary N) is 2. The quantitative estimate of drug-likeness (QED) is 0.454. The van der Waals surface area contributed by atoms with Crippen molar-refractivity contribution in [2.45, 2.75) is 38.2 Å². The zero-order chi connectivity index (χ0) is 21.0. The van der Waals surface area contributed by atoms with E-state index in [2.05, 4.69) is 22.5 Å². The Kier molecular flexibility index (Phi) is 6.07. The van der Waals surface area contributed by atoms with Gasteiger partial charge in [0.25, 0.3) is 5.91 Å². The Morgan fingerprint density at radius 3 is 2.34 bits per heavy atom. The third kappa shape index (κ3) is 5.26. The number of benzene rings is 2. The van der Waals surface area contributed by atoms with Crippen molar-refractivity contribution in [3.8, 4) is 11.8 Å². The number of rotatable bonds is 5. The van der Waals surface area contributed by atoms with E-state index in [-0.39, 0.29) is 5.91 Å². The summed E-state index contributed by atoms with van der Waals surface area (Å²) in [6, 6.07) is 14.5. The number of carbonyl (C=O) groups is 2. The summed E-state index contributed by atoms with van der Waals surface area (Å²) in [6.45, 7) is 3.86. The predicted octanol–water partition coefficient (Wildman–Crippen LogP) is 1.11. The Bertz CT molecular complexity index is 972. The van der Waals surface area contributed by atoms with Crippen molar-refractivity contribution in [1.82, 2.24) is 10.6 Å². The largest absolute Gasteiger partial charge is 0.488 e. The Hall–Kier alpha value is -3.08. The number of carbonyl (C=O) groups excluding carboxylic acids is 2. The summed E-state index contributed by atoms with van der Waals surface area (Å²) in [5, 5.41) is 24.5. The molecule has 2 amide bonds. The lowest BCUT2D eigenvalue weighted by Crippen LogP contribution is -2.55. The normalized spacial score (nSPS) is 14.8. The van der Waals surface area contributed by atoms with Gasteiger partial charge in [0.15, 0.2) is 0 Å². The third-order valence-electron chi connectivity index (χ3n) is 4.83. The first-order valence-corrected chi connectivity index (χ1v) is 9.44. The first-order chi connectivity index (χ1) is 13.8. The average molecular weight is 390 g/mol. The summed E-state index contributed by atoms with van der Waals surface area (Å²) in [6.07, 6.45) is 0.964. The molecule has 1 saturated carbocycles. The highest BCUT2D eigenvalue weighted by molar-refractivity contribution is 6.45. The third-order valence-corrected chi connectivity index (χ3v) is 4.83. The molecule has 1 atom stereocenters. The number of aryl methyl sites for hydroxylation is 2. The molecule has 7 heteroatoms. The highest BCUT2D eigenvalue weighted by Gasteiger charge is 2.52. The fourth-order valence-corrected chi connectivity index (χ4v) is 2.88. The van der Waals surface area contributed by atoms with E-state index in [1.54, 1.807) is 18.2 Å². The molecule has 1 aliphatic carbocycles. The van der Waals surface area contributed by atoms with Crippen LogP contribution in [0.3, 0.4) is 0 Å². The van der Waals surface area contributed by atoms with Crippen molar-refractivity contribution in [1.29, 1.82) is 0 Å². The molecule has 0 aromatic heterocycles. The van der Waals surface area contributed by atoms with Crippen LogP contribution in [0.5, 0.6) is 0 Å². The van der Waals surface area contributed by atoms with Gasteiger partial charge in [-0.3, -0.25) is 9.59 Å². The van der Waals surface area contributed by atoms with Gasteiger partial charge in [-0.1, -0.05) is 41.7 Å². The second-order valence-electron chi connectivity index (χ2n) is 7.41. The molecular weight excluding hydrogens is 367 g/mol. The maximum atomic E-state index is 12.7. The van der Waals surface area contributed by atoms with E-state index in [1.807, 2.05) is 44.2 Å². The van der Waals surface area contributed by atoms with Crippen molar-refractivity contribution in [2.75, 3.05) is 0 Å². The van der Waals surface area contributed by atoms with Gasteiger partial charge in [-0.2, -0.15) is 0 Å². The van der Waals surface area contributed by atoms with Crippen LogP contribution in [0.2, 0.25) is 0 Å². The van der Waals surface area contributed by atoms with E-state index in [4.69, 9.17) is 0 Å².